The first-order chi connectivity index (χ1) is 16.8. The summed E-state index contributed by atoms with van der Waals surface area (Å²) in [4.78, 5) is 36.4. The van der Waals surface area contributed by atoms with Gasteiger partial charge in [0, 0.05) is 6.54 Å². The Morgan fingerprint density at radius 3 is 2.11 bits per heavy atom. The van der Waals surface area contributed by atoms with E-state index in [2.05, 4.69) is 10.1 Å². The fraction of sp³-hybridized carbons (Fsp3) is 0.160. The van der Waals surface area contributed by atoms with E-state index < -0.39 is 34.5 Å². The fourth-order valence-electron chi connectivity index (χ4n) is 3.26. The van der Waals surface area contributed by atoms with Crippen molar-refractivity contribution in [2.75, 3.05) is 29.9 Å². The molecule has 35 heavy (non-hydrogen) atoms. The predicted octanol–water partition coefficient (Wildman–Crippen LogP) is 3.48. The molecule has 0 spiro atoms. The Bertz CT molecular complexity index is 1310. The number of nitrogens with zero attached hydrogens (tertiary/aromatic N) is 1. The molecule has 1 N–H and O–H groups in total. The van der Waals surface area contributed by atoms with Gasteiger partial charge < -0.3 is 14.8 Å². The molecule has 3 aromatic carbocycles. The zero-order valence-corrected chi connectivity index (χ0v) is 19.9. The molecule has 0 fully saturated rings. The number of hydrogen-bond acceptors (Lipinski definition) is 7. The van der Waals surface area contributed by atoms with Gasteiger partial charge in [-0.05, 0) is 55.5 Å². The summed E-state index contributed by atoms with van der Waals surface area (Å²) >= 11 is 0. The second-order valence-electron chi connectivity index (χ2n) is 7.19. The molecule has 3 rings (SSSR count). The molecule has 0 atom stereocenters. The lowest BCUT2D eigenvalue weighted by Crippen LogP contribution is -2.30. The fourth-order valence-corrected chi connectivity index (χ4v) is 4.73. The van der Waals surface area contributed by atoms with Gasteiger partial charge in [-0.25, -0.2) is 18.0 Å². The Labute approximate surface area is 203 Å². The molecule has 1 amide bonds. The number of hydrogen-bond donors (Lipinski definition) is 1. The summed E-state index contributed by atoms with van der Waals surface area (Å²) in [6, 6.07) is 20.2. The van der Waals surface area contributed by atoms with E-state index in [-0.39, 0.29) is 28.3 Å². The van der Waals surface area contributed by atoms with Crippen molar-refractivity contribution in [3.63, 3.8) is 0 Å². The molecule has 0 saturated carbocycles. The van der Waals surface area contributed by atoms with Gasteiger partial charge in [0.25, 0.3) is 15.9 Å². The molecule has 0 aliphatic rings. The van der Waals surface area contributed by atoms with Crippen LogP contribution >= 0.6 is 0 Å². The SMILES string of the molecule is CCN(c1ccccc1)S(=O)(=O)c1ccc(C(=O)OCC(=O)Nc2ccccc2C(=O)OC)cc1. The van der Waals surface area contributed by atoms with Crippen molar-refractivity contribution in [3.8, 4) is 0 Å². The Hall–Kier alpha value is -4.18. The molecule has 0 heterocycles. The molecule has 0 aliphatic heterocycles. The van der Waals surface area contributed by atoms with E-state index in [1.165, 1.54) is 47.8 Å². The topological polar surface area (TPSA) is 119 Å². The molecular formula is C25H24N2O7S. The number of anilines is 2. The number of nitrogens with one attached hydrogen (secondary N) is 1. The van der Waals surface area contributed by atoms with Crippen LogP contribution in [0.1, 0.15) is 27.6 Å². The third kappa shape index (κ3) is 6.04. The minimum atomic E-state index is -3.84. The van der Waals surface area contributed by atoms with E-state index >= 15 is 0 Å². The molecular weight excluding hydrogens is 472 g/mol. The van der Waals surface area contributed by atoms with Gasteiger partial charge in [-0.3, -0.25) is 9.10 Å². The maximum atomic E-state index is 13.1. The molecule has 0 aliphatic carbocycles. The molecule has 10 heteroatoms. The number of methoxy groups -OCH3 is 1. The zero-order chi connectivity index (χ0) is 25.4. The highest BCUT2D eigenvalue weighted by Crippen LogP contribution is 2.23. The number of esters is 2. The molecule has 0 unspecified atom stereocenters. The lowest BCUT2D eigenvalue weighted by Gasteiger charge is -2.22. The first kappa shape index (κ1) is 25.4. The number of carbonyl (C=O) groups excluding carboxylic acids is 3. The van der Waals surface area contributed by atoms with Gasteiger partial charge >= 0.3 is 11.9 Å². The summed E-state index contributed by atoms with van der Waals surface area (Å²) in [7, 11) is -2.62. The van der Waals surface area contributed by atoms with E-state index in [4.69, 9.17) is 4.74 Å². The van der Waals surface area contributed by atoms with Crippen molar-refractivity contribution in [3.05, 3.63) is 90.0 Å². The quantitative estimate of drug-likeness (QED) is 0.451. The van der Waals surface area contributed by atoms with Gasteiger partial charge in [0.15, 0.2) is 6.61 Å². The van der Waals surface area contributed by atoms with Gasteiger partial charge in [0.2, 0.25) is 0 Å². The smallest absolute Gasteiger partial charge is 0.339 e. The van der Waals surface area contributed by atoms with Gasteiger partial charge in [-0.15, -0.1) is 0 Å². The third-order valence-electron chi connectivity index (χ3n) is 4.95. The van der Waals surface area contributed by atoms with Gasteiger partial charge in [-0.2, -0.15) is 0 Å². The Morgan fingerprint density at radius 2 is 1.49 bits per heavy atom. The van der Waals surface area contributed by atoms with Crippen LogP contribution in [0.5, 0.6) is 0 Å². The van der Waals surface area contributed by atoms with Gasteiger partial charge in [-0.1, -0.05) is 30.3 Å². The van der Waals surface area contributed by atoms with Crippen LogP contribution in [-0.4, -0.2) is 46.5 Å². The average Bonchev–Trinajstić information content (AvgIpc) is 2.88. The number of ether oxygens (including phenoxy) is 2. The number of benzene rings is 3. The second-order valence-corrected chi connectivity index (χ2v) is 9.05. The molecule has 0 radical (unpaired) electrons. The summed E-state index contributed by atoms with van der Waals surface area (Å²) in [6.45, 7) is 1.35. The van der Waals surface area contributed by atoms with Crippen LogP contribution in [0.2, 0.25) is 0 Å². The van der Waals surface area contributed by atoms with Crippen LogP contribution in [0.25, 0.3) is 0 Å². The van der Waals surface area contributed by atoms with Crippen LogP contribution in [-0.2, 0) is 24.3 Å². The van der Waals surface area contributed by atoms with Crippen molar-refractivity contribution in [2.45, 2.75) is 11.8 Å². The van der Waals surface area contributed by atoms with Crippen LogP contribution in [0, 0.1) is 0 Å². The minimum absolute atomic E-state index is 0.0110. The van der Waals surface area contributed by atoms with E-state index in [1.54, 1.807) is 49.4 Å². The molecule has 0 bridgehead atoms. The van der Waals surface area contributed by atoms with Crippen LogP contribution in [0.15, 0.2) is 83.8 Å². The monoisotopic (exact) mass is 496 g/mol. The molecule has 0 saturated heterocycles. The minimum Gasteiger partial charge on any atom is -0.465 e. The summed E-state index contributed by atoms with van der Waals surface area (Å²) in [5.74, 6) is -2.09. The predicted molar refractivity (Wildman–Crippen MR) is 130 cm³/mol. The molecule has 3 aromatic rings. The van der Waals surface area contributed by atoms with E-state index in [1.807, 2.05) is 0 Å². The summed E-state index contributed by atoms with van der Waals surface area (Å²) in [6.07, 6.45) is 0. The third-order valence-corrected chi connectivity index (χ3v) is 6.87. The molecule has 0 aromatic heterocycles. The highest BCUT2D eigenvalue weighted by atomic mass is 32.2. The lowest BCUT2D eigenvalue weighted by molar-refractivity contribution is -0.119. The lowest BCUT2D eigenvalue weighted by atomic mass is 10.2. The normalized spacial score (nSPS) is 10.8. The van der Waals surface area contributed by atoms with Crippen molar-refractivity contribution in [1.29, 1.82) is 0 Å². The Morgan fingerprint density at radius 1 is 0.857 bits per heavy atom. The number of rotatable bonds is 9. The maximum Gasteiger partial charge on any atom is 0.339 e. The van der Waals surface area contributed by atoms with Crippen molar-refractivity contribution in [2.24, 2.45) is 0 Å². The van der Waals surface area contributed by atoms with Crippen LogP contribution in [0.4, 0.5) is 11.4 Å². The van der Waals surface area contributed by atoms with Gasteiger partial charge in [0.1, 0.15) is 0 Å². The number of sulfonamides is 1. The zero-order valence-electron chi connectivity index (χ0n) is 19.1. The summed E-state index contributed by atoms with van der Waals surface area (Å²) in [5.41, 5.74) is 0.977. The first-order valence-corrected chi connectivity index (χ1v) is 12.0. The molecule has 182 valence electrons. The highest BCUT2D eigenvalue weighted by molar-refractivity contribution is 7.92. The Balaban J connectivity index is 1.65. The maximum absolute atomic E-state index is 13.1. The van der Waals surface area contributed by atoms with Crippen molar-refractivity contribution in [1.82, 2.24) is 0 Å². The average molecular weight is 497 g/mol. The summed E-state index contributed by atoms with van der Waals surface area (Å²) in [5, 5.41) is 2.49. The van der Waals surface area contributed by atoms with E-state index in [9.17, 15) is 22.8 Å². The standard InChI is InChI=1S/C25H24N2O7S/c1-3-27(19-9-5-4-6-10-19)35(31,32)20-15-13-18(14-16-20)24(29)34-17-23(28)26-22-12-8-7-11-21(22)25(30)33-2/h4-16H,3,17H2,1-2H3,(H,26,28). The Kier molecular flexibility index (Phi) is 8.21. The largest absolute Gasteiger partial charge is 0.465 e. The second kappa shape index (κ2) is 11.3. The van der Waals surface area contributed by atoms with Crippen molar-refractivity contribution < 1.29 is 32.3 Å². The first-order valence-electron chi connectivity index (χ1n) is 10.6. The number of carbonyl (C=O) groups is 3. The van der Waals surface area contributed by atoms with Crippen molar-refractivity contribution >= 4 is 39.2 Å². The van der Waals surface area contributed by atoms with Crippen LogP contribution < -0.4 is 9.62 Å². The van der Waals surface area contributed by atoms with E-state index in [0.29, 0.717) is 5.69 Å². The van der Waals surface area contributed by atoms with E-state index in [0.717, 1.165) is 0 Å². The molecule has 9 nitrogen and oxygen atoms in total. The van der Waals surface area contributed by atoms with Gasteiger partial charge in [0.05, 0.1) is 34.5 Å². The number of para-hydroxylation sites is 2. The van der Waals surface area contributed by atoms with Crippen LogP contribution in [0.3, 0.4) is 0 Å². The highest BCUT2D eigenvalue weighted by Gasteiger charge is 2.24. The number of amides is 1. The summed E-state index contributed by atoms with van der Waals surface area (Å²) < 4.78 is 37.1.